The Balaban J connectivity index is 2.86. The normalized spacial score (nSPS) is 10.9. The van der Waals surface area contributed by atoms with Crippen LogP contribution in [0.1, 0.15) is 49.5 Å². The van der Waals surface area contributed by atoms with Gasteiger partial charge in [0.25, 0.3) is 0 Å². The lowest BCUT2D eigenvalue weighted by molar-refractivity contribution is 0.101. The van der Waals surface area contributed by atoms with Gasteiger partial charge in [-0.15, -0.1) is 0 Å². The zero-order chi connectivity index (χ0) is 13.5. The van der Waals surface area contributed by atoms with Gasteiger partial charge in [0.2, 0.25) is 0 Å². The lowest BCUT2D eigenvalue weighted by Gasteiger charge is -2.22. The predicted molar refractivity (Wildman–Crippen MR) is 76.7 cm³/mol. The van der Waals surface area contributed by atoms with Crippen molar-refractivity contribution in [3.8, 4) is 0 Å². The topological polar surface area (TPSA) is 46.3 Å². The van der Waals surface area contributed by atoms with E-state index in [1.165, 1.54) is 0 Å². The smallest absolute Gasteiger partial charge is 0.159 e. The van der Waals surface area contributed by atoms with E-state index in [1.807, 2.05) is 12.1 Å². The molecule has 1 rings (SSSR count). The van der Waals surface area contributed by atoms with Gasteiger partial charge in [0.1, 0.15) is 0 Å². The van der Waals surface area contributed by atoms with E-state index >= 15 is 0 Å². The summed E-state index contributed by atoms with van der Waals surface area (Å²) in [7, 11) is 0. The first-order chi connectivity index (χ1) is 8.58. The van der Waals surface area contributed by atoms with Crippen molar-refractivity contribution in [2.24, 2.45) is 0 Å². The molecule has 0 aliphatic carbocycles. The molecule has 0 heterocycles. The lowest BCUT2D eigenvalue weighted by Crippen LogP contribution is -2.25. The van der Waals surface area contributed by atoms with Crippen molar-refractivity contribution in [1.82, 2.24) is 4.90 Å². The van der Waals surface area contributed by atoms with E-state index in [0.29, 0.717) is 0 Å². The molecule has 0 saturated heterocycles. The molecule has 0 bridgehead atoms. The van der Waals surface area contributed by atoms with E-state index in [9.17, 15) is 4.79 Å². The Labute approximate surface area is 110 Å². The zero-order valence-electron chi connectivity index (χ0n) is 11.7. The van der Waals surface area contributed by atoms with Crippen molar-refractivity contribution < 1.29 is 4.79 Å². The monoisotopic (exact) mass is 248 g/mol. The Morgan fingerprint density at radius 3 is 2.33 bits per heavy atom. The summed E-state index contributed by atoms with van der Waals surface area (Å²) >= 11 is 0. The van der Waals surface area contributed by atoms with Gasteiger partial charge in [0, 0.05) is 17.8 Å². The minimum absolute atomic E-state index is 0.0915. The number of benzene rings is 1. The van der Waals surface area contributed by atoms with Crippen molar-refractivity contribution in [2.75, 3.05) is 18.8 Å². The van der Waals surface area contributed by atoms with Crippen LogP contribution in [-0.4, -0.2) is 23.8 Å². The van der Waals surface area contributed by atoms with Gasteiger partial charge >= 0.3 is 0 Å². The molecule has 0 saturated carbocycles. The molecule has 1 aromatic carbocycles. The van der Waals surface area contributed by atoms with E-state index in [-0.39, 0.29) is 5.78 Å². The second-order valence-electron chi connectivity index (χ2n) is 4.75. The zero-order valence-corrected chi connectivity index (χ0v) is 11.7. The van der Waals surface area contributed by atoms with E-state index in [2.05, 4.69) is 18.7 Å². The summed E-state index contributed by atoms with van der Waals surface area (Å²) in [6, 6.07) is 5.56. The van der Waals surface area contributed by atoms with Crippen LogP contribution >= 0.6 is 0 Å². The van der Waals surface area contributed by atoms with Crippen LogP contribution in [0.15, 0.2) is 18.2 Å². The van der Waals surface area contributed by atoms with Gasteiger partial charge < -0.3 is 5.73 Å². The Kier molecular flexibility index (Phi) is 5.86. The van der Waals surface area contributed by atoms with Crippen LogP contribution in [0, 0.1) is 0 Å². The van der Waals surface area contributed by atoms with Crippen LogP contribution in [0.25, 0.3) is 0 Å². The molecule has 0 aliphatic heterocycles. The molecule has 0 unspecified atom stereocenters. The van der Waals surface area contributed by atoms with Gasteiger partial charge in [0.15, 0.2) is 5.78 Å². The molecule has 2 N–H and O–H groups in total. The Hall–Kier alpha value is -1.35. The fourth-order valence-electron chi connectivity index (χ4n) is 2.10. The van der Waals surface area contributed by atoms with Gasteiger partial charge in [-0.1, -0.05) is 13.8 Å². The summed E-state index contributed by atoms with van der Waals surface area (Å²) in [5.74, 6) is 0.0915. The van der Waals surface area contributed by atoms with Crippen molar-refractivity contribution in [2.45, 2.75) is 40.2 Å². The molecule has 0 aromatic heterocycles. The number of rotatable bonds is 7. The van der Waals surface area contributed by atoms with E-state index in [4.69, 9.17) is 5.73 Å². The lowest BCUT2D eigenvalue weighted by atomic mass is 10.1. The molecule has 3 heteroatoms. The maximum Gasteiger partial charge on any atom is 0.159 e. The average molecular weight is 248 g/mol. The third kappa shape index (κ3) is 4.15. The van der Waals surface area contributed by atoms with Crippen molar-refractivity contribution in [3.63, 3.8) is 0 Å². The Bertz CT molecular complexity index is 395. The van der Waals surface area contributed by atoms with E-state index in [0.717, 1.165) is 49.3 Å². The minimum atomic E-state index is 0.0915. The Morgan fingerprint density at radius 1 is 1.22 bits per heavy atom. The van der Waals surface area contributed by atoms with Gasteiger partial charge in [-0.25, -0.2) is 0 Å². The van der Waals surface area contributed by atoms with Crippen molar-refractivity contribution in [1.29, 1.82) is 0 Å². The minimum Gasteiger partial charge on any atom is -0.398 e. The van der Waals surface area contributed by atoms with Crippen LogP contribution < -0.4 is 5.73 Å². The average Bonchev–Trinajstić information content (AvgIpc) is 2.32. The fourth-order valence-corrected chi connectivity index (χ4v) is 2.10. The number of carbonyl (C=O) groups is 1. The van der Waals surface area contributed by atoms with Gasteiger partial charge in [-0.3, -0.25) is 9.69 Å². The molecular weight excluding hydrogens is 224 g/mol. The highest BCUT2D eigenvalue weighted by atomic mass is 16.1. The molecule has 0 spiro atoms. The highest BCUT2D eigenvalue weighted by Crippen LogP contribution is 2.17. The molecular formula is C15H24N2O. The molecule has 0 atom stereocenters. The molecule has 0 amide bonds. The fraction of sp³-hybridized carbons (Fsp3) is 0.533. The number of hydrogen-bond acceptors (Lipinski definition) is 3. The second-order valence-corrected chi connectivity index (χ2v) is 4.75. The van der Waals surface area contributed by atoms with Crippen LogP contribution in [-0.2, 0) is 6.54 Å². The van der Waals surface area contributed by atoms with Crippen molar-refractivity contribution in [3.05, 3.63) is 29.3 Å². The standard InChI is InChI=1S/C15H24N2O/c1-4-8-17(9-5-2)11-14-10-13(12(3)18)6-7-15(14)16/h6-7,10H,4-5,8-9,11,16H2,1-3H3. The van der Waals surface area contributed by atoms with Gasteiger partial charge in [-0.05, 0) is 56.6 Å². The number of nitrogen functional groups attached to an aromatic ring is 1. The summed E-state index contributed by atoms with van der Waals surface area (Å²) in [6.07, 6.45) is 2.26. The first kappa shape index (κ1) is 14.7. The van der Waals surface area contributed by atoms with Crippen LogP contribution in [0.4, 0.5) is 5.69 Å². The largest absolute Gasteiger partial charge is 0.398 e. The van der Waals surface area contributed by atoms with Crippen LogP contribution in [0.5, 0.6) is 0 Å². The SMILES string of the molecule is CCCN(CCC)Cc1cc(C(C)=O)ccc1N. The number of anilines is 1. The number of hydrogen-bond donors (Lipinski definition) is 1. The number of carbonyl (C=O) groups excluding carboxylic acids is 1. The highest BCUT2D eigenvalue weighted by Gasteiger charge is 2.09. The number of nitrogens with two attached hydrogens (primary N) is 1. The maximum absolute atomic E-state index is 11.4. The first-order valence-electron chi connectivity index (χ1n) is 6.70. The predicted octanol–water partition coefficient (Wildman–Crippen LogP) is 3.09. The number of ketones is 1. The molecule has 1 aromatic rings. The van der Waals surface area contributed by atoms with Crippen LogP contribution in [0.2, 0.25) is 0 Å². The second kappa shape index (κ2) is 7.17. The molecule has 18 heavy (non-hydrogen) atoms. The molecule has 0 radical (unpaired) electrons. The highest BCUT2D eigenvalue weighted by molar-refractivity contribution is 5.94. The number of nitrogens with zero attached hydrogens (tertiary/aromatic N) is 1. The maximum atomic E-state index is 11.4. The summed E-state index contributed by atoms with van der Waals surface area (Å²) in [4.78, 5) is 13.8. The van der Waals surface area contributed by atoms with Gasteiger partial charge in [0.05, 0.1) is 0 Å². The Morgan fingerprint density at radius 2 is 1.83 bits per heavy atom. The van der Waals surface area contributed by atoms with Crippen LogP contribution in [0.3, 0.4) is 0 Å². The van der Waals surface area contributed by atoms with E-state index < -0.39 is 0 Å². The first-order valence-corrected chi connectivity index (χ1v) is 6.70. The molecule has 3 nitrogen and oxygen atoms in total. The summed E-state index contributed by atoms with van der Waals surface area (Å²) in [5.41, 5.74) is 8.57. The van der Waals surface area contributed by atoms with Crippen molar-refractivity contribution >= 4 is 11.5 Å². The quantitative estimate of drug-likeness (QED) is 0.596. The summed E-state index contributed by atoms with van der Waals surface area (Å²) in [5, 5.41) is 0. The summed E-state index contributed by atoms with van der Waals surface area (Å²) in [6.45, 7) is 8.91. The molecule has 0 fully saturated rings. The number of Topliss-reactive ketones (excluding diaryl/α,β-unsaturated/α-hetero) is 1. The van der Waals surface area contributed by atoms with E-state index in [1.54, 1.807) is 13.0 Å². The third-order valence-corrected chi connectivity index (χ3v) is 3.02. The summed E-state index contributed by atoms with van der Waals surface area (Å²) < 4.78 is 0. The molecule has 0 aliphatic rings. The third-order valence-electron chi connectivity index (χ3n) is 3.02. The van der Waals surface area contributed by atoms with Gasteiger partial charge in [-0.2, -0.15) is 0 Å². The molecule has 100 valence electrons.